The quantitative estimate of drug-likeness (QED) is 0.382. The molecule has 0 aliphatic rings. The summed E-state index contributed by atoms with van der Waals surface area (Å²) in [4.78, 5) is 0. The molecule has 1 aromatic carbocycles. The molecule has 0 spiro atoms. The first-order valence-corrected chi connectivity index (χ1v) is 11.1. The second-order valence-electron chi connectivity index (χ2n) is 8.57. The molecule has 0 saturated heterocycles. The van der Waals surface area contributed by atoms with Crippen molar-refractivity contribution in [2.24, 2.45) is 0 Å². The van der Waals surface area contributed by atoms with Crippen molar-refractivity contribution in [1.82, 2.24) is 0 Å². The summed E-state index contributed by atoms with van der Waals surface area (Å²) in [5, 5.41) is 0.382. The second kappa shape index (κ2) is 8.30. The largest absolute Gasteiger partial charge is 0.411 e. The molecular weight excluding hydrogens is 296 g/mol. The molecule has 0 unspecified atom stereocenters. The highest BCUT2D eigenvalue weighted by atomic mass is 28.4. The molecule has 1 nitrogen and oxygen atoms in total. The van der Waals surface area contributed by atoms with E-state index in [1.165, 1.54) is 12.0 Å². The van der Waals surface area contributed by atoms with Crippen LogP contribution in [0.15, 0.2) is 42.5 Å². The molecule has 0 fully saturated rings. The van der Waals surface area contributed by atoms with Crippen molar-refractivity contribution in [3.05, 3.63) is 48.0 Å². The van der Waals surface area contributed by atoms with Gasteiger partial charge in [0.1, 0.15) is 0 Å². The van der Waals surface area contributed by atoms with Gasteiger partial charge in [0.05, 0.1) is 6.61 Å². The van der Waals surface area contributed by atoms with Gasteiger partial charge < -0.3 is 4.43 Å². The molecule has 0 bridgehead atoms. The van der Waals surface area contributed by atoms with Gasteiger partial charge >= 0.3 is 0 Å². The van der Waals surface area contributed by atoms with E-state index in [9.17, 15) is 0 Å². The Morgan fingerprint density at radius 1 is 0.913 bits per heavy atom. The van der Waals surface area contributed by atoms with Crippen molar-refractivity contribution in [3.63, 3.8) is 0 Å². The summed E-state index contributed by atoms with van der Waals surface area (Å²) in [6, 6.07) is 11.7. The zero-order chi connectivity index (χ0) is 17.6. The Bertz CT molecular complexity index is 463. The Balaban J connectivity index is 3.06. The van der Waals surface area contributed by atoms with Crippen LogP contribution < -0.4 is 0 Å². The smallest absolute Gasteiger partial charge is 0.207 e. The van der Waals surface area contributed by atoms with Crippen molar-refractivity contribution < 1.29 is 4.43 Å². The molecule has 0 amide bonds. The number of hydrogen-bond acceptors (Lipinski definition) is 1. The fourth-order valence-corrected chi connectivity index (χ4v) is 8.91. The SMILES string of the molecule is CCC/C=C/C[Si](OCc1ccccc1)(C(C)(C)C)C(C)(C)C. The van der Waals surface area contributed by atoms with Crippen LogP contribution in [0.5, 0.6) is 0 Å². The zero-order valence-corrected chi connectivity index (χ0v) is 17.3. The van der Waals surface area contributed by atoms with E-state index < -0.39 is 8.32 Å². The Labute approximate surface area is 145 Å². The van der Waals surface area contributed by atoms with Crippen molar-refractivity contribution in [2.75, 3.05) is 0 Å². The van der Waals surface area contributed by atoms with Crippen LogP contribution in [-0.4, -0.2) is 8.32 Å². The summed E-state index contributed by atoms with van der Waals surface area (Å²) in [6.45, 7) is 17.1. The highest BCUT2D eigenvalue weighted by Gasteiger charge is 2.54. The summed E-state index contributed by atoms with van der Waals surface area (Å²) in [6.07, 6.45) is 7.10. The fraction of sp³-hybridized carbons (Fsp3) is 0.619. The molecule has 0 aromatic heterocycles. The molecule has 1 rings (SSSR count). The van der Waals surface area contributed by atoms with E-state index >= 15 is 0 Å². The lowest BCUT2D eigenvalue weighted by Crippen LogP contribution is -2.54. The highest BCUT2D eigenvalue weighted by molar-refractivity contribution is 6.79. The van der Waals surface area contributed by atoms with E-state index in [0.717, 1.165) is 19.1 Å². The molecule has 0 aliphatic carbocycles. The van der Waals surface area contributed by atoms with Crippen LogP contribution in [0.4, 0.5) is 0 Å². The minimum absolute atomic E-state index is 0.191. The van der Waals surface area contributed by atoms with Gasteiger partial charge in [-0.1, -0.05) is 97.4 Å². The van der Waals surface area contributed by atoms with Crippen molar-refractivity contribution in [3.8, 4) is 0 Å². The second-order valence-corrected chi connectivity index (χ2v) is 13.9. The number of allylic oxidation sites excluding steroid dienone is 2. The van der Waals surface area contributed by atoms with Gasteiger partial charge in [-0.15, -0.1) is 0 Å². The van der Waals surface area contributed by atoms with E-state index in [2.05, 4.69) is 91.0 Å². The summed E-state index contributed by atoms with van der Waals surface area (Å²) in [5.41, 5.74) is 1.27. The molecule has 0 heterocycles. The Morgan fingerprint density at radius 3 is 1.96 bits per heavy atom. The summed E-state index contributed by atoms with van der Waals surface area (Å²) < 4.78 is 6.81. The highest BCUT2D eigenvalue weighted by Crippen LogP contribution is 2.54. The molecule has 2 heteroatoms. The number of benzene rings is 1. The van der Waals surface area contributed by atoms with Crippen molar-refractivity contribution in [2.45, 2.75) is 84.0 Å². The van der Waals surface area contributed by atoms with Crippen LogP contribution in [0.3, 0.4) is 0 Å². The predicted molar refractivity (Wildman–Crippen MR) is 105 cm³/mol. The van der Waals surface area contributed by atoms with Gasteiger partial charge in [0.15, 0.2) is 0 Å². The minimum atomic E-state index is -2.02. The third-order valence-electron chi connectivity index (χ3n) is 4.78. The number of unbranched alkanes of at least 4 members (excludes halogenated alkanes) is 1. The summed E-state index contributed by atoms with van der Waals surface area (Å²) in [7, 11) is -2.02. The van der Waals surface area contributed by atoms with Crippen LogP contribution in [0.2, 0.25) is 16.1 Å². The maximum absolute atomic E-state index is 6.81. The summed E-state index contributed by atoms with van der Waals surface area (Å²) in [5.74, 6) is 0. The van der Waals surface area contributed by atoms with Crippen LogP contribution in [-0.2, 0) is 11.0 Å². The average molecular weight is 333 g/mol. The lowest BCUT2D eigenvalue weighted by Gasteiger charge is -2.50. The molecule has 1 aromatic rings. The van der Waals surface area contributed by atoms with Crippen LogP contribution in [0.25, 0.3) is 0 Å². The Hall–Kier alpha value is -0.863. The Morgan fingerprint density at radius 2 is 1.48 bits per heavy atom. The lowest BCUT2D eigenvalue weighted by molar-refractivity contribution is 0.247. The van der Waals surface area contributed by atoms with Crippen LogP contribution >= 0.6 is 0 Å². The van der Waals surface area contributed by atoms with E-state index in [1.54, 1.807) is 0 Å². The van der Waals surface area contributed by atoms with E-state index in [4.69, 9.17) is 4.43 Å². The molecule has 23 heavy (non-hydrogen) atoms. The molecule has 0 N–H and O–H groups in total. The molecule has 130 valence electrons. The maximum Gasteiger partial charge on any atom is 0.207 e. The first-order valence-electron chi connectivity index (χ1n) is 8.97. The zero-order valence-electron chi connectivity index (χ0n) is 16.3. The van der Waals surface area contributed by atoms with Gasteiger partial charge in [-0.25, -0.2) is 0 Å². The van der Waals surface area contributed by atoms with Gasteiger partial charge in [-0.05, 0) is 28.1 Å². The standard InChI is InChI=1S/C21H36OSi/c1-8-9-10-14-17-23(20(2,3)4,21(5,6)7)22-18-19-15-12-11-13-16-19/h10-16H,8-9,17-18H2,1-7H3/b14-10+. The molecule has 0 radical (unpaired) electrons. The summed E-state index contributed by atoms with van der Waals surface area (Å²) >= 11 is 0. The molecule has 0 aliphatic heterocycles. The maximum atomic E-state index is 6.81. The van der Waals surface area contributed by atoms with Crippen molar-refractivity contribution in [1.29, 1.82) is 0 Å². The monoisotopic (exact) mass is 332 g/mol. The fourth-order valence-electron chi connectivity index (χ4n) is 3.54. The van der Waals surface area contributed by atoms with Gasteiger partial charge in [0, 0.05) is 0 Å². The van der Waals surface area contributed by atoms with Gasteiger partial charge in [-0.2, -0.15) is 0 Å². The normalized spacial score (nSPS) is 13.7. The van der Waals surface area contributed by atoms with Crippen LogP contribution in [0.1, 0.15) is 66.9 Å². The third kappa shape index (κ3) is 5.32. The van der Waals surface area contributed by atoms with E-state index in [-0.39, 0.29) is 10.1 Å². The van der Waals surface area contributed by atoms with Gasteiger partial charge in [0.25, 0.3) is 0 Å². The van der Waals surface area contributed by atoms with E-state index in [0.29, 0.717) is 0 Å². The van der Waals surface area contributed by atoms with Gasteiger partial charge in [0.2, 0.25) is 8.32 Å². The van der Waals surface area contributed by atoms with Crippen LogP contribution in [0, 0.1) is 0 Å². The lowest BCUT2D eigenvalue weighted by atomic mass is 10.2. The van der Waals surface area contributed by atoms with E-state index in [1.807, 2.05) is 0 Å². The molecule has 0 saturated carbocycles. The first-order chi connectivity index (χ1) is 10.6. The van der Waals surface area contributed by atoms with Gasteiger partial charge in [-0.3, -0.25) is 0 Å². The molecule has 0 atom stereocenters. The van der Waals surface area contributed by atoms with Crippen molar-refractivity contribution >= 4 is 8.32 Å². The molecular formula is C21H36OSi. The predicted octanol–water partition coefficient (Wildman–Crippen LogP) is 7.11. The Kier molecular flexibility index (Phi) is 7.28. The third-order valence-corrected chi connectivity index (χ3v) is 11.1. The first kappa shape index (κ1) is 20.2. The topological polar surface area (TPSA) is 9.23 Å². The average Bonchev–Trinajstić information content (AvgIpc) is 2.45. The number of rotatable bonds is 7. The minimum Gasteiger partial charge on any atom is -0.411 e. The number of hydrogen-bond donors (Lipinski definition) is 0.